The maximum atomic E-state index is 12.1. The summed E-state index contributed by atoms with van der Waals surface area (Å²) in [5.74, 6) is -1.24. The SMILES string of the molecule is CC(Cc1cccs1)NC(=O)N1CCC[C@H](C(=O)O)C1. The van der Waals surface area contributed by atoms with Gasteiger partial charge in [-0.25, -0.2) is 4.79 Å². The van der Waals surface area contributed by atoms with E-state index in [9.17, 15) is 9.59 Å². The van der Waals surface area contributed by atoms with Crippen molar-refractivity contribution in [1.29, 1.82) is 0 Å². The van der Waals surface area contributed by atoms with E-state index in [-0.39, 0.29) is 12.1 Å². The van der Waals surface area contributed by atoms with E-state index in [0.717, 1.165) is 12.8 Å². The Balaban J connectivity index is 1.83. The Labute approximate surface area is 122 Å². The average Bonchev–Trinajstić information content (AvgIpc) is 2.91. The first-order chi connectivity index (χ1) is 9.56. The van der Waals surface area contributed by atoms with Crippen LogP contribution in [-0.2, 0) is 11.2 Å². The van der Waals surface area contributed by atoms with Crippen LogP contribution >= 0.6 is 11.3 Å². The molecule has 0 aromatic carbocycles. The first-order valence-electron chi connectivity index (χ1n) is 6.87. The van der Waals surface area contributed by atoms with Gasteiger partial charge in [0, 0.05) is 30.4 Å². The van der Waals surface area contributed by atoms with Gasteiger partial charge in [0.2, 0.25) is 0 Å². The summed E-state index contributed by atoms with van der Waals surface area (Å²) in [4.78, 5) is 26.0. The fourth-order valence-corrected chi connectivity index (χ4v) is 3.28. The average molecular weight is 296 g/mol. The molecule has 1 fully saturated rings. The monoisotopic (exact) mass is 296 g/mol. The number of nitrogens with one attached hydrogen (secondary N) is 1. The van der Waals surface area contributed by atoms with Gasteiger partial charge in [0.25, 0.3) is 0 Å². The number of rotatable bonds is 4. The van der Waals surface area contributed by atoms with Gasteiger partial charge >= 0.3 is 12.0 Å². The molecule has 2 rings (SSSR count). The highest BCUT2D eigenvalue weighted by molar-refractivity contribution is 7.09. The highest BCUT2D eigenvalue weighted by atomic mass is 32.1. The minimum Gasteiger partial charge on any atom is -0.481 e. The van der Waals surface area contributed by atoms with Gasteiger partial charge in [-0.05, 0) is 31.2 Å². The van der Waals surface area contributed by atoms with Gasteiger partial charge in [-0.1, -0.05) is 6.07 Å². The fourth-order valence-electron chi connectivity index (χ4n) is 2.45. The van der Waals surface area contributed by atoms with Crippen molar-refractivity contribution in [3.8, 4) is 0 Å². The van der Waals surface area contributed by atoms with Crippen molar-refractivity contribution in [3.05, 3.63) is 22.4 Å². The van der Waals surface area contributed by atoms with Crippen LogP contribution < -0.4 is 5.32 Å². The predicted octanol–water partition coefficient (Wildman–Crippen LogP) is 2.19. The predicted molar refractivity (Wildman–Crippen MR) is 77.9 cm³/mol. The quantitative estimate of drug-likeness (QED) is 0.894. The molecule has 5 nitrogen and oxygen atoms in total. The van der Waals surface area contributed by atoms with Gasteiger partial charge in [0.1, 0.15) is 0 Å². The molecule has 20 heavy (non-hydrogen) atoms. The van der Waals surface area contributed by atoms with Gasteiger partial charge in [0.15, 0.2) is 0 Å². The number of thiophene rings is 1. The molecule has 0 bridgehead atoms. The third kappa shape index (κ3) is 3.96. The van der Waals surface area contributed by atoms with E-state index in [2.05, 4.69) is 11.4 Å². The third-order valence-corrected chi connectivity index (χ3v) is 4.41. The van der Waals surface area contributed by atoms with Gasteiger partial charge in [-0.3, -0.25) is 4.79 Å². The van der Waals surface area contributed by atoms with Crippen LogP contribution in [0.2, 0.25) is 0 Å². The summed E-state index contributed by atoms with van der Waals surface area (Å²) in [6, 6.07) is 3.94. The Hall–Kier alpha value is -1.56. The van der Waals surface area contributed by atoms with Crippen LogP contribution in [0.25, 0.3) is 0 Å². The Bertz CT molecular complexity index is 461. The number of likely N-dealkylation sites (tertiary alicyclic amines) is 1. The lowest BCUT2D eigenvalue weighted by molar-refractivity contribution is -0.143. The van der Waals surface area contributed by atoms with Crippen LogP contribution in [0.15, 0.2) is 17.5 Å². The number of piperidine rings is 1. The highest BCUT2D eigenvalue weighted by Crippen LogP contribution is 2.17. The van der Waals surface area contributed by atoms with E-state index in [4.69, 9.17) is 5.11 Å². The van der Waals surface area contributed by atoms with Crippen LogP contribution in [0, 0.1) is 5.92 Å². The van der Waals surface area contributed by atoms with Crippen molar-refractivity contribution < 1.29 is 14.7 Å². The smallest absolute Gasteiger partial charge is 0.317 e. The number of carboxylic acids is 1. The summed E-state index contributed by atoms with van der Waals surface area (Å²) in [7, 11) is 0. The molecule has 1 saturated heterocycles. The van der Waals surface area contributed by atoms with Crippen molar-refractivity contribution in [2.45, 2.75) is 32.2 Å². The van der Waals surface area contributed by atoms with Crippen molar-refractivity contribution in [2.75, 3.05) is 13.1 Å². The summed E-state index contributed by atoms with van der Waals surface area (Å²) < 4.78 is 0. The molecule has 1 aromatic rings. The Morgan fingerprint density at radius 1 is 1.60 bits per heavy atom. The van der Waals surface area contributed by atoms with E-state index < -0.39 is 11.9 Å². The van der Waals surface area contributed by atoms with Crippen LogP contribution in [0.5, 0.6) is 0 Å². The zero-order valence-electron chi connectivity index (χ0n) is 11.5. The van der Waals surface area contributed by atoms with Gasteiger partial charge in [-0.2, -0.15) is 0 Å². The third-order valence-electron chi connectivity index (χ3n) is 3.52. The molecule has 0 radical (unpaired) electrons. The molecule has 1 aromatic heterocycles. The topological polar surface area (TPSA) is 69.6 Å². The molecule has 0 aliphatic carbocycles. The number of carbonyl (C=O) groups excluding carboxylic acids is 1. The lowest BCUT2D eigenvalue weighted by atomic mass is 9.99. The maximum absolute atomic E-state index is 12.1. The number of hydrogen-bond acceptors (Lipinski definition) is 3. The van der Waals surface area contributed by atoms with Gasteiger partial charge in [0.05, 0.1) is 5.92 Å². The second-order valence-corrected chi connectivity index (χ2v) is 6.29. The number of hydrogen-bond donors (Lipinski definition) is 2. The molecule has 1 aliphatic heterocycles. The number of carboxylic acid groups (broad SMARTS) is 1. The number of amides is 2. The molecule has 2 N–H and O–H groups in total. The van der Waals surface area contributed by atoms with Crippen molar-refractivity contribution in [1.82, 2.24) is 10.2 Å². The molecule has 2 heterocycles. The van der Waals surface area contributed by atoms with Gasteiger partial charge in [-0.15, -0.1) is 11.3 Å². The largest absolute Gasteiger partial charge is 0.481 e. The van der Waals surface area contributed by atoms with Crippen LogP contribution in [-0.4, -0.2) is 41.1 Å². The Morgan fingerprint density at radius 2 is 2.40 bits per heavy atom. The van der Waals surface area contributed by atoms with E-state index in [1.165, 1.54) is 4.88 Å². The number of carbonyl (C=O) groups is 2. The summed E-state index contributed by atoms with van der Waals surface area (Å²) in [5, 5.41) is 14.0. The van der Waals surface area contributed by atoms with E-state index in [0.29, 0.717) is 19.5 Å². The molecule has 6 heteroatoms. The second-order valence-electron chi connectivity index (χ2n) is 5.26. The molecular formula is C14H20N2O3S. The van der Waals surface area contributed by atoms with Gasteiger partial charge < -0.3 is 15.3 Å². The number of urea groups is 1. The minimum atomic E-state index is -0.811. The second kappa shape index (κ2) is 6.74. The summed E-state index contributed by atoms with van der Waals surface area (Å²) >= 11 is 1.68. The standard InChI is InChI=1S/C14H20N2O3S/c1-10(8-12-5-3-7-20-12)15-14(19)16-6-2-4-11(9-16)13(17)18/h3,5,7,10-11H,2,4,6,8-9H2,1H3,(H,15,19)(H,17,18)/t10?,11-/m0/s1. The Kier molecular flexibility index (Phi) is 5.00. The number of nitrogens with zero attached hydrogens (tertiary/aromatic N) is 1. The van der Waals surface area contributed by atoms with E-state index in [1.54, 1.807) is 16.2 Å². The van der Waals surface area contributed by atoms with Crippen LogP contribution in [0.4, 0.5) is 4.79 Å². The first-order valence-corrected chi connectivity index (χ1v) is 7.75. The summed E-state index contributed by atoms with van der Waals surface area (Å²) in [6.45, 7) is 2.92. The maximum Gasteiger partial charge on any atom is 0.317 e. The summed E-state index contributed by atoms with van der Waals surface area (Å²) in [6.07, 6.45) is 2.22. The molecule has 1 aliphatic rings. The summed E-state index contributed by atoms with van der Waals surface area (Å²) in [5.41, 5.74) is 0. The highest BCUT2D eigenvalue weighted by Gasteiger charge is 2.28. The zero-order chi connectivity index (χ0) is 14.5. The molecule has 1 unspecified atom stereocenters. The molecular weight excluding hydrogens is 276 g/mol. The molecule has 110 valence electrons. The Morgan fingerprint density at radius 3 is 3.05 bits per heavy atom. The molecule has 2 atom stereocenters. The lowest BCUT2D eigenvalue weighted by Crippen LogP contribution is -2.49. The molecule has 0 spiro atoms. The fraction of sp³-hybridized carbons (Fsp3) is 0.571. The minimum absolute atomic E-state index is 0.0476. The lowest BCUT2D eigenvalue weighted by Gasteiger charge is -2.31. The number of aliphatic carboxylic acids is 1. The van der Waals surface area contributed by atoms with Crippen LogP contribution in [0.1, 0.15) is 24.6 Å². The first kappa shape index (κ1) is 14.8. The molecule has 0 saturated carbocycles. The van der Waals surface area contributed by atoms with Crippen LogP contribution in [0.3, 0.4) is 0 Å². The zero-order valence-corrected chi connectivity index (χ0v) is 12.4. The van der Waals surface area contributed by atoms with Crippen molar-refractivity contribution >= 4 is 23.3 Å². The van der Waals surface area contributed by atoms with Crippen molar-refractivity contribution in [2.24, 2.45) is 5.92 Å². The van der Waals surface area contributed by atoms with E-state index in [1.807, 2.05) is 18.4 Å². The normalized spacial score (nSPS) is 20.4. The van der Waals surface area contributed by atoms with Crippen molar-refractivity contribution in [3.63, 3.8) is 0 Å². The molecule has 2 amide bonds. The van der Waals surface area contributed by atoms with E-state index >= 15 is 0 Å².